The molecule has 0 bridgehead atoms. The predicted molar refractivity (Wildman–Crippen MR) is 68.3 cm³/mol. The van der Waals surface area contributed by atoms with Crippen molar-refractivity contribution in [1.29, 1.82) is 0 Å². The van der Waals surface area contributed by atoms with Crippen molar-refractivity contribution in [3.05, 3.63) is 54.0 Å². The van der Waals surface area contributed by atoms with Crippen molar-refractivity contribution >= 4 is 11.4 Å². The summed E-state index contributed by atoms with van der Waals surface area (Å²) in [6, 6.07) is 6.42. The SMILES string of the molecule is O=C1CC2CC=CCN2C=C1c1ccc(F)cc1. The first-order valence-electron chi connectivity index (χ1n) is 6.16. The summed E-state index contributed by atoms with van der Waals surface area (Å²) in [5.41, 5.74) is 1.50. The summed E-state index contributed by atoms with van der Waals surface area (Å²) < 4.78 is 12.9. The van der Waals surface area contributed by atoms with Gasteiger partial charge < -0.3 is 4.90 Å². The van der Waals surface area contributed by atoms with Gasteiger partial charge in [-0.15, -0.1) is 0 Å². The molecule has 1 aromatic carbocycles. The molecule has 2 aliphatic rings. The second-order valence-corrected chi connectivity index (χ2v) is 4.73. The molecule has 2 aliphatic heterocycles. The molecule has 2 nitrogen and oxygen atoms in total. The van der Waals surface area contributed by atoms with Gasteiger partial charge in [0.15, 0.2) is 5.78 Å². The third kappa shape index (κ3) is 1.96. The number of hydrogen-bond acceptors (Lipinski definition) is 2. The highest BCUT2D eigenvalue weighted by atomic mass is 19.1. The van der Waals surface area contributed by atoms with Crippen LogP contribution in [-0.2, 0) is 4.79 Å². The summed E-state index contributed by atoms with van der Waals surface area (Å²) in [5, 5.41) is 0. The van der Waals surface area contributed by atoms with Crippen LogP contribution in [0.2, 0.25) is 0 Å². The Labute approximate surface area is 105 Å². The number of hydrogen-bond donors (Lipinski definition) is 0. The van der Waals surface area contributed by atoms with Crippen LogP contribution in [0.25, 0.3) is 5.57 Å². The zero-order valence-corrected chi connectivity index (χ0v) is 9.97. The summed E-state index contributed by atoms with van der Waals surface area (Å²) in [6.07, 6.45) is 7.65. The molecule has 0 N–H and O–H groups in total. The molecule has 92 valence electrons. The summed E-state index contributed by atoms with van der Waals surface area (Å²) in [4.78, 5) is 14.3. The molecule has 0 saturated heterocycles. The van der Waals surface area contributed by atoms with Crippen molar-refractivity contribution in [2.75, 3.05) is 6.54 Å². The molecule has 0 radical (unpaired) electrons. The highest BCUT2D eigenvalue weighted by Crippen LogP contribution is 2.28. The first-order valence-corrected chi connectivity index (χ1v) is 6.16. The van der Waals surface area contributed by atoms with Crippen LogP contribution >= 0.6 is 0 Å². The number of halogens is 1. The Bertz CT molecular complexity index is 530. The van der Waals surface area contributed by atoms with Crippen molar-refractivity contribution < 1.29 is 9.18 Å². The van der Waals surface area contributed by atoms with Gasteiger partial charge in [-0.3, -0.25) is 4.79 Å². The maximum atomic E-state index is 12.9. The van der Waals surface area contributed by atoms with Crippen LogP contribution in [0.1, 0.15) is 18.4 Å². The smallest absolute Gasteiger partial charge is 0.166 e. The number of carbonyl (C=O) groups is 1. The van der Waals surface area contributed by atoms with Crippen LogP contribution in [0.5, 0.6) is 0 Å². The van der Waals surface area contributed by atoms with E-state index in [4.69, 9.17) is 0 Å². The van der Waals surface area contributed by atoms with Crippen molar-refractivity contribution in [3.63, 3.8) is 0 Å². The third-order valence-electron chi connectivity index (χ3n) is 3.53. The lowest BCUT2D eigenvalue weighted by Crippen LogP contribution is -2.38. The highest BCUT2D eigenvalue weighted by molar-refractivity contribution is 6.21. The zero-order chi connectivity index (χ0) is 12.5. The summed E-state index contributed by atoms with van der Waals surface area (Å²) in [5.74, 6) is -0.125. The molecular formula is C15H14FNO. The Morgan fingerprint density at radius 3 is 2.72 bits per heavy atom. The molecule has 0 amide bonds. The van der Waals surface area contributed by atoms with Crippen LogP contribution in [-0.4, -0.2) is 23.3 Å². The van der Waals surface area contributed by atoms with Crippen LogP contribution in [0.4, 0.5) is 4.39 Å². The number of fused-ring (bicyclic) bond motifs is 1. The maximum absolute atomic E-state index is 12.9. The molecule has 0 spiro atoms. The minimum Gasteiger partial charge on any atom is -0.369 e. The Morgan fingerprint density at radius 2 is 1.94 bits per heavy atom. The van der Waals surface area contributed by atoms with E-state index in [0.717, 1.165) is 18.5 Å². The van der Waals surface area contributed by atoms with Gasteiger partial charge in [-0.25, -0.2) is 4.39 Å². The number of benzene rings is 1. The topological polar surface area (TPSA) is 20.3 Å². The van der Waals surface area contributed by atoms with E-state index in [0.29, 0.717) is 18.0 Å². The normalized spacial score (nSPS) is 22.7. The molecule has 3 rings (SSSR count). The largest absolute Gasteiger partial charge is 0.369 e. The molecule has 3 heteroatoms. The molecule has 0 saturated carbocycles. The molecule has 0 fully saturated rings. The number of rotatable bonds is 1. The van der Waals surface area contributed by atoms with Crippen molar-refractivity contribution in [2.45, 2.75) is 18.9 Å². The number of Topliss-reactive ketones (excluding diaryl/α,β-unsaturated/α-hetero) is 1. The van der Waals surface area contributed by atoms with Gasteiger partial charge in [-0.2, -0.15) is 0 Å². The number of carbonyl (C=O) groups excluding carboxylic acids is 1. The van der Waals surface area contributed by atoms with Gasteiger partial charge in [0.1, 0.15) is 5.82 Å². The van der Waals surface area contributed by atoms with Gasteiger partial charge in [0.2, 0.25) is 0 Å². The van der Waals surface area contributed by atoms with Gasteiger partial charge in [0.25, 0.3) is 0 Å². The lowest BCUT2D eigenvalue weighted by Gasteiger charge is -2.35. The van der Waals surface area contributed by atoms with Crippen molar-refractivity contribution in [3.8, 4) is 0 Å². The summed E-state index contributed by atoms with van der Waals surface area (Å²) in [7, 11) is 0. The molecule has 1 atom stereocenters. The van der Waals surface area contributed by atoms with E-state index in [1.165, 1.54) is 12.1 Å². The Balaban J connectivity index is 1.95. The van der Waals surface area contributed by atoms with Crippen LogP contribution in [0.15, 0.2) is 42.6 Å². The Hall–Kier alpha value is -1.90. The molecule has 1 unspecified atom stereocenters. The third-order valence-corrected chi connectivity index (χ3v) is 3.53. The molecule has 18 heavy (non-hydrogen) atoms. The second-order valence-electron chi connectivity index (χ2n) is 4.73. The van der Waals surface area contributed by atoms with Gasteiger partial charge in [0, 0.05) is 30.8 Å². The first kappa shape index (κ1) is 11.2. The van der Waals surface area contributed by atoms with Gasteiger partial charge >= 0.3 is 0 Å². The monoisotopic (exact) mass is 243 g/mol. The van der Waals surface area contributed by atoms with Crippen molar-refractivity contribution in [2.24, 2.45) is 0 Å². The van der Waals surface area contributed by atoms with Crippen LogP contribution in [0, 0.1) is 5.82 Å². The molecule has 1 aromatic rings. The standard InChI is InChI=1S/C15H14FNO/c16-12-6-4-11(5-7-12)14-10-17-8-2-1-3-13(17)9-15(14)18/h1-2,4-7,10,13H,3,8-9H2. The zero-order valence-electron chi connectivity index (χ0n) is 9.97. The molecule has 0 aliphatic carbocycles. The van der Waals surface area contributed by atoms with E-state index in [9.17, 15) is 9.18 Å². The van der Waals surface area contributed by atoms with Gasteiger partial charge in [-0.1, -0.05) is 24.3 Å². The quantitative estimate of drug-likeness (QED) is 0.707. The molecular weight excluding hydrogens is 229 g/mol. The van der Waals surface area contributed by atoms with Crippen molar-refractivity contribution in [1.82, 2.24) is 4.90 Å². The maximum Gasteiger partial charge on any atom is 0.166 e. The lowest BCUT2D eigenvalue weighted by atomic mass is 9.91. The number of ketones is 1. The van der Waals surface area contributed by atoms with E-state index in [2.05, 4.69) is 17.1 Å². The molecule has 0 aromatic heterocycles. The first-order chi connectivity index (χ1) is 8.74. The average molecular weight is 243 g/mol. The van der Waals surface area contributed by atoms with Crippen LogP contribution < -0.4 is 0 Å². The van der Waals surface area contributed by atoms with E-state index in [1.54, 1.807) is 12.1 Å². The van der Waals surface area contributed by atoms with E-state index in [-0.39, 0.29) is 11.6 Å². The number of nitrogens with zero attached hydrogens (tertiary/aromatic N) is 1. The minimum atomic E-state index is -0.276. The fourth-order valence-electron chi connectivity index (χ4n) is 2.52. The summed E-state index contributed by atoms with van der Waals surface area (Å²) >= 11 is 0. The fourth-order valence-corrected chi connectivity index (χ4v) is 2.52. The summed E-state index contributed by atoms with van der Waals surface area (Å²) in [6.45, 7) is 0.850. The Morgan fingerprint density at radius 1 is 1.17 bits per heavy atom. The van der Waals surface area contributed by atoms with Gasteiger partial charge in [0.05, 0.1) is 0 Å². The average Bonchev–Trinajstić information content (AvgIpc) is 2.39. The predicted octanol–water partition coefficient (Wildman–Crippen LogP) is 2.77. The lowest BCUT2D eigenvalue weighted by molar-refractivity contribution is -0.115. The highest BCUT2D eigenvalue weighted by Gasteiger charge is 2.28. The van der Waals surface area contributed by atoms with Gasteiger partial charge in [-0.05, 0) is 24.1 Å². The van der Waals surface area contributed by atoms with Crippen LogP contribution in [0.3, 0.4) is 0 Å². The number of allylic oxidation sites excluding steroid dienone is 1. The van der Waals surface area contributed by atoms with E-state index >= 15 is 0 Å². The minimum absolute atomic E-state index is 0.151. The van der Waals surface area contributed by atoms with E-state index < -0.39 is 0 Å². The molecule has 2 heterocycles. The fraction of sp³-hybridized carbons (Fsp3) is 0.267. The van der Waals surface area contributed by atoms with E-state index in [1.807, 2.05) is 6.20 Å². The Kier molecular flexibility index (Phi) is 2.74. The second kappa shape index (κ2) is 4.41.